The van der Waals surface area contributed by atoms with Crippen molar-refractivity contribution >= 4 is 17.7 Å². The minimum absolute atomic E-state index is 0.0690. The van der Waals surface area contributed by atoms with Crippen molar-refractivity contribution in [3.63, 3.8) is 0 Å². The number of hydrogen-bond donors (Lipinski definition) is 4. The van der Waals surface area contributed by atoms with Crippen molar-refractivity contribution in [1.29, 1.82) is 0 Å². The number of hydrogen-bond acceptors (Lipinski definition) is 5. The molecule has 0 saturated carbocycles. The first-order chi connectivity index (χ1) is 9.97. The monoisotopic (exact) mass is 291 g/mol. The number of carbonyl (C=O) groups is 2. The van der Waals surface area contributed by atoms with Gasteiger partial charge in [-0.25, -0.2) is 14.6 Å². The Bertz CT molecular complexity index is 656. The van der Waals surface area contributed by atoms with Crippen molar-refractivity contribution in [2.75, 3.05) is 12.4 Å². The van der Waals surface area contributed by atoms with Crippen LogP contribution >= 0.6 is 0 Å². The second kappa shape index (κ2) is 5.90. The summed E-state index contributed by atoms with van der Waals surface area (Å²) in [4.78, 5) is 27.9. The van der Waals surface area contributed by atoms with Crippen LogP contribution in [-0.2, 0) is 6.54 Å². The predicted octanol–water partition coefficient (Wildman–Crippen LogP) is 0.872. The number of carboxylic acid groups (broad SMARTS) is 1. The number of phenols is 1. The van der Waals surface area contributed by atoms with E-state index in [-0.39, 0.29) is 23.5 Å². The molecule has 110 valence electrons. The van der Waals surface area contributed by atoms with E-state index < -0.39 is 12.0 Å². The van der Waals surface area contributed by atoms with E-state index in [0.29, 0.717) is 5.82 Å². The molecule has 1 heterocycles. The molecule has 0 bridgehead atoms. The van der Waals surface area contributed by atoms with Crippen molar-refractivity contribution < 1.29 is 19.8 Å². The summed E-state index contributed by atoms with van der Waals surface area (Å²) in [5.41, 5.74) is 0.0509. The van der Waals surface area contributed by atoms with Gasteiger partial charge in [0.25, 0.3) is 0 Å². The van der Waals surface area contributed by atoms with Crippen LogP contribution in [0, 0.1) is 0 Å². The van der Waals surface area contributed by atoms with Crippen molar-refractivity contribution in [2.24, 2.45) is 0 Å². The fraction of sp³-hybridized carbons (Fsp3) is 0.167. The van der Waals surface area contributed by atoms with Crippen LogP contribution in [-0.4, -0.2) is 49.3 Å². The Morgan fingerprint density at radius 3 is 2.76 bits per heavy atom. The Kier molecular flexibility index (Phi) is 4.02. The summed E-state index contributed by atoms with van der Waals surface area (Å²) in [6.45, 7) is 0.208. The number of benzene rings is 1. The molecule has 1 aromatic carbocycles. The lowest BCUT2D eigenvalue weighted by Gasteiger charge is -2.17. The minimum Gasteiger partial charge on any atom is -0.506 e. The van der Waals surface area contributed by atoms with Gasteiger partial charge < -0.3 is 20.4 Å². The van der Waals surface area contributed by atoms with E-state index in [9.17, 15) is 14.7 Å². The lowest BCUT2D eigenvalue weighted by Crippen LogP contribution is -2.31. The van der Waals surface area contributed by atoms with Crippen molar-refractivity contribution in [1.82, 2.24) is 20.1 Å². The number of rotatable bonds is 4. The largest absolute Gasteiger partial charge is 0.506 e. The van der Waals surface area contributed by atoms with Gasteiger partial charge in [0, 0.05) is 7.05 Å². The first kappa shape index (κ1) is 14.3. The van der Waals surface area contributed by atoms with Gasteiger partial charge in [0.1, 0.15) is 17.9 Å². The van der Waals surface area contributed by atoms with E-state index >= 15 is 0 Å². The number of urea groups is 1. The Morgan fingerprint density at radius 1 is 1.43 bits per heavy atom. The third-order valence-electron chi connectivity index (χ3n) is 2.68. The molecule has 2 aromatic rings. The normalized spacial score (nSPS) is 10.1. The van der Waals surface area contributed by atoms with E-state index in [1.165, 1.54) is 23.4 Å². The maximum atomic E-state index is 11.9. The number of carboxylic acids is 1. The van der Waals surface area contributed by atoms with Gasteiger partial charge in [-0.15, -0.1) is 0 Å². The molecule has 21 heavy (non-hydrogen) atoms. The zero-order chi connectivity index (χ0) is 15.4. The van der Waals surface area contributed by atoms with Crippen LogP contribution in [0.4, 0.5) is 10.5 Å². The van der Waals surface area contributed by atoms with Crippen LogP contribution < -0.4 is 5.32 Å². The molecule has 0 saturated heterocycles. The van der Waals surface area contributed by atoms with Gasteiger partial charge in [0.05, 0.1) is 17.8 Å². The van der Waals surface area contributed by atoms with Gasteiger partial charge in [-0.2, -0.15) is 5.10 Å². The quantitative estimate of drug-likeness (QED) is 0.618. The molecular formula is C12H13N5O4. The molecule has 0 atom stereocenters. The van der Waals surface area contributed by atoms with E-state index in [1.807, 2.05) is 0 Å². The highest BCUT2D eigenvalue weighted by atomic mass is 16.4. The highest BCUT2D eigenvalue weighted by molar-refractivity contribution is 5.93. The molecule has 9 heteroatoms. The summed E-state index contributed by atoms with van der Waals surface area (Å²) in [6, 6.07) is 3.19. The molecule has 0 aliphatic heterocycles. The average Bonchev–Trinajstić information content (AvgIpc) is 2.93. The third-order valence-corrected chi connectivity index (χ3v) is 2.68. The highest BCUT2D eigenvalue weighted by Gasteiger charge is 2.14. The molecule has 1 aromatic heterocycles. The van der Waals surface area contributed by atoms with Gasteiger partial charge in [-0.3, -0.25) is 5.10 Å². The maximum absolute atomic E-state index is 11.9. The smallest absolute Gasteiger partial charge is 0.335 e. The Balaban J connectivity index is 2.03. The fourth-order valence-corrected chi connectivity index (χ4v) is 1.58. The van der Waals surface area contributed by atoms with Crippen LogP contribution in [0.5, 0.6) is 5.75 Å². The number of phenolic OH excluding ortho intramolecular Hbond substituents is 1. The van der Waals surface area contributed by atoms with Crippen molar-refractivity contribution in [3.8, 4) is 5.75 Å². The summed E-state index contributed by atoms with van der Waals surface area (Å²) in [5.74, 6) is -0.972. The van der Waals surface area contributed by atoms with Crippen molar-refractivity contribution in [3.05, 3.63) is 35.9 Å². The second-order valence-corrected chi connectivity index (χ2v) is 4.26. The molecule has 0 aliphatic carbocycles. The molecular weight excluding hydrogens is 278 g/mol. The summed E-state index contributed by atoms with van der Waals surface area (Å²) >= 11 is 0. The summed E-state index contributed by atoms with van der Waals surface area (Å²) in [6.07, 6.45) is 1.33. The van der Waals surface area contributed by atoms with E-state index in [4.69, 9.17) is 5.11 Å². The first-order valence-corrected chi connectivity index (χ1v) is 5.90. The number of aromatic amines is 1. The molecule has 0 radical (unpaired) electrons. The van der Waals surface area contributed by atoms with Crippen LogP contribution in [0.25, 0.3) is 0 Å². The number of aromatic hydroxyl groups is 1. The van der Waals surface area contributed by atoms with Gasteiger partial charge >= 0.3 is 12.0 Å². The van der Waals surface area contributed by atoms with Crippen LogP contribution in [0.2, 0.25) is 0 Å². The highest BCUT2D eigenvalue weighted by Crippen LogP contribution is 2.24. The lowest BCUT2D eigenvalue weighted by atomic mass is 10.2. The predicted molar refractivity (Wildman–Crippen MR) is 71.9 cm³/mol. The standard InChI is InChI=1S/C12H13N5O4/c1-17(5-10-13-6-14-16-10)12(21)15-8-3-2-7(11(19)20)4-9(8)18/h2-4,6,18H,5H2,1H3,(H,15,21)(H,19,20)(H,13,14,16). The van der Waals surface area contributed by atoms with E-state index in [0.717, 1.165) is 6.07 Å². The number of nitrogens with one attached hydrogen (secondary N) is 2. The van der Waals surface area contributed by atoms with Gasteiger partial charge in [0.2, 0.25) is 0 Å². The summed E-state index contributed by atoms with van der Waals surface area (Å²) < 4.78 is 0. The molecule has 0 unspecified atom stereocenters. The number of aromatic carboxylic acids is 1. The molecule has 4 N–H and O–H groups in total. The maximum Gasteiger partial charge on any atom is 0.335 e. The topological polar surface area (TPSA) is 131 Å². The van der Waals surface area contributed by atoms with Gasteiger partial charge in [-0.1, -0.05) is 0 Å². The SMILES string of the molecule is CN(Cc1ncn[nH]1)C(=O)Nc1ccc(C(=O)O)cc1O. The van der Waals surface area contributed by atoms with Crippen LogP contribution in [0.3, 0.4) is 0 Å². The zero-order valence-electron chi connectivity index (χ0n) is 11.1. The number of nitrogens with zero attached hydrogens (tertiary/aromatic N) is 3. The zero-order valence-corrected chi connectivity index (χ0v) is 11.1. The van der Waals surface area contributed by atoms with E-state index in [1.54, 1.807) is 7.05 Å². The molecule has 2 amide bonds. The number of H-pyrrole nitrogens is 1. The van der Waals surface area contributed by atoms with Gasteiger partial charge in [0.15, 0.2) is 0 Å². The van der Waals surface area contributed by atoms with Crippen molar-refractivity contribution in [2.45, 2.75) is 6.54 Å². The molecule has 0 fully saturated rings. The number of anilines is 1. The lowest BCUT2D eigenvalue weighted by molar-refractivity contribution is 0.0696. The Morgan fingerprint density at radius 2 is 2.19 bits per heavy atom. The first-order valence-electron chi connectivity index (χ1n) is 5.90. The number of aromatic nitrogens is 3. The second-order valence-electron chi connectivity index (χ2n) is 4.26. The Labute approximate surface area is 119 Å². The molecule has 0 aliphatic rings. The van der Waals surface area contributed by atoms with Crippen LogP contribution in [0.15, 0.2) is 24.5 Å². The fourth-order valence-electron chi connectivity index (χ4n) is 1.58. The molecule has 9 nitrogen and oxygen atoms in total. The Hall–Kier alpha value is -3.10. The number of carbonyl (C=O) groups excluding carboxylic acids is 1. The summed E-state index contributed by atoms with van der Waals surface area (Å²) in [7, 11) is 1.54. The minimum atomic E-state index is -1.16. The van der Waals surface area contributed by atoms with E-state index in [2.05, 4.69) is 20.5 Å². The molecule has 2 rings (SSSR count). The van der Waals surface area contributed by atoms with Gasteiger partial charge in [-0.05, 0) is 18.2 Å². The molecule has 0 spiro atoms. The van der Waals surface area contributed by atoms with Crippen LogP contribution in [0.1, 0.15) is 16.2 Å². The third kappa shape index (κ3) is 3.47. The number of amides is 2. The summed E-state index contributed by atoms with van der Waals surface area (Å²) in [5, 5.41) is 27.3. The average molecular weight is 291 g/mol.